The minimum absolute atomic E-state index is 0.175. The minimum Gasteiger partial charge on any atom is -0.382 e. The van der Waals surface area contributed by atoms with E-state index < -0.39 is 0 Å². The van der Waals surface area contributed by atoms with Crippen LogP contribution in [-0.4, -0.2) is 20.1 Å². The minimum atomic E-state index is -0.372. The van der Waals surface area contributed by atoms with Gasteiger partial charge in [0.25, 0.3) is 0 Å². The van der Waals surface area contributed by atoms with Gasteiger partial charge in [0, 0.05) is 26.2 Å². The van der Waals surface area contributed by atoms with Gasteiger partial charge in [-0.2, -0.15) is 0 Å². The molecule has 13 heavy (non-hydrogen) atoms. The van der Waals surface area contributed by atoms with Gasteiger partial charge in [-0.1, -0.05) is 11.6 Å². The smallest absolute Gasteiger partial charge is 0.143 e. The van der Waals surface area contributed by atoms with E-state index in [4.69, 9.17) is 11.6 Å². The second-order valence-electron chi connectivity index (χ2n) is 3.13. The molecule has 2 rings (SSSR count). The molecule has 1 N–H and O–H groups in total. The van der Waals surface area contributed by atoms with Gasteiger partial charge in [-0.05, 0) is 6.07 Å². The first-order valence-corrected chi connectivity index (χ1v) is 4.50. The fourth-order valence-electron chi connectivity index (χ4n) is 1.47. The summed E-state index contributed by atoms with van der Waals surface area (Å²) >= 11 is 5.68. The zero-order valence-electron chi connectivity index (χ0n) is 7.27. The topological polar surface area (TPSA) is 15.3 Å². The molecule has 70 valence electrons. The average molecular weight is 201 g/mol. The van der Waals surface area contributed by atoms with Crippen LogP contribution in [-0.2, 0) is 0 Å². The third-order valence-electron chi connectivity index (χ3n) is 2.21. The van der Waals surface area contributed by atoms with Crippen LogP contribution in [0.25, 0.3) is 0 Å². The molecule has 1 aliphatic rings. The van der Waals surface area contributed by atoms with Crippen LogP contribution in [0.3, 0.4) is 0 Å². The van der Waals surface area contributed by atoms with Crippen LogP contribution in [0.5, 0.6) is 0 Å². The van der Waals surface area contributed by atoms with E-state index in [9.17, 15) is 4.39 Å². The normalized spacial score (nSPS) is 15.2. The van der Waals surface area contributed by atoms with Crippen molar-refractivity contribution in [3.63, 3.8) is 0 Å². The predicted octanol–water partition coefficient (Wildman–Crippen LogP) is 2.34. The summed E-state index contributed by atoms with van der Waals surface area (Å²) in [6.45, 7) is 1.75. The fraction of sp³-hybridized carbons (Fsp3) is 0.333. The molecular weight excluding hydrogens is 191 g/mol. The van der Waals surface area contributed by atoms with E-state index in [-0.39, 0.29) is 10.8 Å². The number of anilines is 2. The van der Waals surface area contributed by atoms with Crippen molar-refractivity contribution in [2.75, 3.05) is 30.4 Å². The average Bonchev–Trinajstić information content (AvgIpc) is 2.09. The monoisotopic (exact) mass is 200 g/mol. The summed E-state index contributed by atoms with van der Waals surface area (Å²) in [5.41, 5.74) is 1.77. The van der Waals surface area contributed by atoms with Gasteiger partial charge in [-0.25, -0.2) is 4.39 Å². The van der Waals surface area contributed by atoms with E-state index >= 15 is 0 Å². The highest BCUT2D eigenvalue weighted by molar-refractivity contribution is 6.31. The third-order valence-corrected chi connectivity index (χ3v) is 2.50. The zero-order chi connectivity index (χ0) is 9.42. The summed E-state index contributed by atoms with van der Waals surface area (Å²) in [6, 6.07) is 3.09. The maximum atomic E-state index is 13.0. The lowest BCUT2D eigenvalue weighted by Gasteiger charge is -2.28. The Kier molecular flexibility index (Phi) is 2.04. The Bertz CT molecular complexity index is 341. The number of nitrogens with zero attached hydrogens (tertiary/aromatic N) is 1. The van der Waals surface area contributed by atoms with Crippen molar-refractivity contribution >= 4 is 23.0 Å². The summed E-state index contributed by atoms with van der Waals surface area (Å²) in [5.74, 6) is -0.372. The van der Waals surface area contributed by atoms with Gasteiger partial charge < -0.3 is 10.2 Å². The maximum absolute atomic E-state index is 13.0. The van der Waals surface area contributed by atoms with Crippen LogP contribution in [0.2, 0.25) is 5.02 Å². The zero-order valence-corrected chi connectivity index (χ0v) is 8.03. The molecule has 0 aliphatic carbocycles. The molecule has 0 saturated carbocycles. The molecule has 0 bridgehead atoms. The van der Waals surface area contributed by atoms with E-state index in [1.165, 1.54) is 6.07 Å². The van der Waals surface area contributed by atoms with Crippen LogP contribution >= 0.6 is 11.6 Å². The van der Waals surface area contributed by atoms with Crippen LogP contribution in [0.4, 0.5) is 15.8 Å². The number of nitrogens with one attached hydrogen (secondary N) is 1. The first-order valence-electron chi connectivity index (χ1n) is 4.12. The molecular formula is C9H10ClFN2. The number of hydrogen-bond acceptors (Lipinski definition) is 2. The molecule has 0 fully saturated rings. The van der Waals surface area contributed by atoms with Crippen molar-refractivity contribution in [2.45, 2.75) is 0 Å². The molecule has 1 heterocycles. The SMILES string of the molecule is CN1CCNc2cc(F)c(Cl)cc21. The van der Waals surface area contributed by atoms with Gasteiger partial charge in [0.2, 0.25) is 0 Å². The van der Waals surface area contributed by atoms with Gasteiger partial charge in [0.05, 0.1) is 16.4 Å². The standard InChI is InChI=1S/C9H10ClFN2/c1-13-3-2-12-8-5-7(11)6(10)4-9(8)13/h4-5,12H,2-3H2,1H3. The van der Waals surface area contributed by atoms with Crippen molar-refractivity contribution < 1.29 is 4.39 Å². The Morgan fingerprint density at radius 1 is 1.54 bits per heavy atom. The summed E-state index contributed by atoms with van der Waals surface area (Å²) in [6.07, 6.45) is 0. The lowest BCUT2D eigenvalue weighted by Crippen LogP contribution is -2.30. The maximum Gasteiger partial charge on any atom is 0.143 e. The molecule has 1 aromatic rings. The Morgan fingerprint density at radius 3 is 3.08 bits per heavy atom. The molecule has 2 nitrogen and oxygen atoms in total. The van der Waals surface area contributed by atoms with Crippen molar-refractivity contribution in [3.8, 4) is 0 Å². The van der Waals surface area contributed by atoms with Gasteiger partial charge >= 0.3 is 0 Å². The summed E-state index contributed by atoms with van der Waals surface area (Å²) < 4.78 is 13.0. The number of likely N-dealkylation sites (N-methyl/N-ethyl adjacent to an activating group) is 1. The van der Waals surface area contributed by atoms with Crippen molar-refractivity contribution in [1.29, 1.82) is 0 Å². The first kappa shape index (κ1) is 8.63. The molecule has 0 saturated heterocycles. The Morgan fingerprint density at radius 2 is 2.31 bits per heavy atom. The molecule has 4 heteroatoms. The second-order valence-corrected chi connectivity index (χ2v) is 3.54. The van der Waals surface area contributed by atoms with E-state index in [1.54, 1.807) is 6.07 Å². The summed E-state index contributed by atoms with van der Waals surface area (Å²) in [4.78, 5) is 2.05. The molecule has 1 aliphatic heterocycles. The molecule has 0 amide bonds. The number of hydrogen-bond donors (Lipinski definition) is 1. The van der Waals surface area contributed by atoms with Crippen LogP contribution < -0.4 is 10.2 Å². The number of rotatable bonds is 0. The molecule has 0 spiro atoms. The molecule has 0 radical (unpaired) electrons. The highest BCUT2D eigenvalue weighted by atomic mass is 35.5. The molecule has 0 atom stereocenters. The Hall–Kier alpha value is -0.960. The summed E-state index contributed by atoms with van der Waals surface area (Å²) in [7, 11) is 1.97. The third kappa shape index (κ3) is 1.44. The predicted molar refractivity (Wildman–Crippen MR) is 53.2 cm³/mol. The molecule has 1 aromatic carbocycles. The Balaban J connectivity index is 2.52. The molecule has 0 unspecified atom stereocenters. The van der Waals surface area contributed by atoms with Gasteiger partial charge in [0.1, 0.15) is 5.82 Å². The highest BCUT2D eigenvalue weighted by Gasteiger charge is 2.15. The summed E-state index contributed by atoms with van der Waals surface area (Å²) in [5, 5.41) is 3.30. The van der Waals surface area contributed by atoms with Crippen molar-refractivity contribution in [2.24, 2.45) is 0 Å². The largest absolute Gasteiger partial charge is 0.382 e. The van der Waals surface area contributed by atoms with E-state index in [1.807, 2.05) is 7.05 Å². The van der Waals surface area contributed by atoms with Crippen molar-refractivity contribution in [3.05, 3.63) is 23.0 Å². The van der Waals surface area contributed by atoms with E-state index in [2.05, 4.69) is 10.2 Å². The van der Waals surface area contributed by atoms with E-state index in [0.29, 0.717) is 0 Å². The van der Waals surface area contributed by atoms with Gasteiger partial charge in [0.15, 0.2) is 0 Å². The van der Waals surface area contributed by atoms with Crippen LogP contribution in [0.1, 0.15) is 0 Å². The first-order chi connectivity index (χ1) is 6.18. The van der Waals surface area contributed by atoms with Crippen LogP contribution in [0.15, 0.2) is 12.1 Å². The molecule has 0 aromatic heterocycles. The second kappa shape index (κ2) is 3.07. The fourth-order valence-corrected chi connectivity index (χ4v) is 1.63. The number of halogens is 2. The van der Waals surface area contributed by atoms with Gasteiger partial charge in [-0.15, -0.1) is 0 Å². The number of fused-ring (bicyclic) bond motifs is 1. The Labute approximate surface area is 81.3 Å². The lowest BCUT2D eigenvalue weighted by molar-refractivity contribution is 0.628. The number of benzene rings is 1. The van der Waals surface area contributed by atoms with Crippen molar-refractivity contribution in [1.82, 2.24) is 0 Å². The quantitative estimate of drug-likeness (QED) is 0.692. The van der Waals surface area contributed by atoms with Gasteiger partial charge in [-0.3, -0.25) is 0 Å². The van der Waals surface area contributed by atoms with E-state index in [0.717, 1.165) is 24.5 Å². The van der Waals surface area contributed by atoms with Crippen LogP contribution in [0, 0.1) is 5.82 Å². The lowest BCUT2D eigenvalue weighted by atomic mass is 10.2. The highest BCUT2D eigenvalue weighted by Crippen LogP contribution is 2.32.